The fraction of sp³-hybridized carbons (Fsp3) is 0.778. The molecule has 0 amide bonds. The van der Waals surface area contributed by atoms with Gasteiger partial charge in [0.2, 0.25) is 0 Å². The zero-order chi connectivity index (χ0) is 11.4. The Bertz CT molecular complexity index is 353. The molecule has 4 aliphatic carbocycles. The monoisotopic (exact) mass is 244 g/mol. The third-order valence-electron chi connectivity index (χ3n) is 6.39. The van der Waals surface area contributed by atoms with Gasteiger partial charge in [-0.1, -0.05) is 25.7 Å². The van der Waals surface area contributed by atoms with Crippen LogP contribution in [-0.2, 0) is 0 Å². The van der Waals surface area contributed by atoms with Gasteiger partial charge in [-0.2, -0.15) is 0 Å². The van der Waals surface area contributed by atoms with E-state index >= 15 is 0 Å². The van der Waals surface area contributed by atoms with Gasteiger partial charge in [-0.25, -0.2) is 0 Å². The van der Waals surface area contributed by atoms with Crippen LogP contribution in [0, 0.1) is 41.4 Å². The van der Waals surface area contributed by atoms with Crippen LogP contribution in [0.4, 0.5) is 0 Å². The van der Waals surface area contributed by atoms with Gasteiger partial charge < -0.3 is 0 Å². The van der Waals surface area contributed by atoms with Crippen LogP contribution in [0.25, 0.3) is 0 Å². The second kappa shape index (κ2) is 4.54. The molecule has 0 aromatic heterocycles. The summed E-state index contributed by atoms with van der Waals surface area (Å²) in [6, 6.07) is 0. The average molecular weight is 244 g/mol. The van der Waals surface area contributed by atoms with Gasteiger partial charge in [0.25, 0.3) is 0 Å². The lowest BCUT2D eigenvalue weighted by molar-refractivity contribution is 0.143. The smallest absolute Gasteiger partial charge is 0.0194 e. The van der Waals surface area contributed by atoms with E-state index in [-0.39, 0.29) is 7.43 Å². The Morgan fingerprint density at radius 1 is 1.06 bits per heavy atom. The van der Waals surface area contributed by atoms with E-state index in [1.165, 1.54) is 25.7 Å². The predicted octanol–water partition coefficient (Wildman–Crippen LogP) is 5.07. The lowest BCUT2D eigenvalue weighted by Crippen LogP contribution is -2.30. The molecule has 0 spiro atoms. The minimum Gasteiger partial charge on any atom is -0.103 e. The van der Waals surface area contributed by atoms with Crippen molar-refractivity contribution in [1.82, 2.24) is 0 Å². The first-order chi connectivity index (χ1) is 8.38. The van der Waals surface area contributed by atoms with E-state index in [2.05, 4.69) is 24.8 Å². The van der Waals surface area contributed by atoms with Gasteiger partial charge in [0, 0.05) is 0 Å². The van der Waals surface area contributed by atoms with E-state index in [9.17, 15) is 0 Å². The molecule has 0 heterocycles. The molecule has 0 aromatic carbocycles. The fourth-order valence-corrected chi connectivity index (χ4v) is 6.01. The molecule has 18 heavy (non-hydrogen) atoms. The summed E-state index contributed by atoms with van der Waals surface area (Å²) in [7, 11) is 0. The van der Waals surface area contributed by atoms with Crippen LogP contribution in [0.2, 0.25) is 0 Å². The Morgan fingerprint density at radius 2 is 1.83 bits per heavy atom. The van der Waals surface area contributed by atoms with Crippen molar-refractivity contribution in [3.05, 3.63) is 24.8 Å². The summed E-state index contributed by atoms with van der Waals surface area (Å²) in [5, 5.41) is 0. The number of fused-ring (bicyclic) bond motifs is 9. The van der Waals surface area contributed by atoms with Crippen LogP contribution in [-0.4, -0.2) is 0 Å². The van der Waals surface area contributed by atoms with Crippen LogP contribution in [0.5, 0.6) is 0 Å². The molecule has 100 valence electrons. The zero-order valence-electron chi connectivity index (χ0n) is 10.7. The topological polar surface area (TPSA) is 0 Å². The summed E-state index contributed by atoms with van der Waals surface area (Å²) in [5.41, 5.74) is 0. The highest BCUT2D eigenvalue weighted by atomic mass is 14.6. The van der Waals surface area contributed by atoms with Gasteiger partial charge in [0.15, 0.2) is 0 Å². The van der Waals surface area contributed by atoms with E-state index in [0.717, 1.165) is 41.4 Å². The minimum absolute atomic E-state index is 0. The van der Waals surface area contributed by atoms with Crippen LogP contribution >= 0.6 is 0 Å². The van der Waals surface area contributed by atoms with Crippen molar-refractivity contribution in [2.75, 3.05) is 0 Å². The molecule has 3 saturated carbocycles. The van der Waals surface area contributed by atoms with Crippen LogP contribution in [0.1, 0.15) is 46.0 Å². The Balaban J connectivity index is 0.000001000. The van der Waals surface area contributed by atoms with Crippen LogP contribution in [0.15, 0.2) is 24.8 Å². The number of rotatable bonds is 4. The maximum absolute atomic E-state index is 3.85. The summed E-state index contributed by atoms with van der Waals surface area (Å²) < 4.78 is 0. The maximum Gasteiger partial charge on any atom is -0.0194 e. The average Bonchev–Trinajstić information content (AvgIpc) is 3.07. The highest BCUT2D eigenvalue weighted by Crippen LogP contribution is 2.67. The molecule has 4 aliphatic rings. The molecular weight excluding hydrogens is 216 g/mol. The highest BCUT2D eigenvalue weighted by molar-refractivity contribution is 5.20. The summed E-state index contributed by atoms with van der Waals surface area (Å²) in [5.74, 6) is 7.50. The van der Waals surface area contributed by atoms with Crippen molar-refractivity contribution in [3.8, 4) is 0 Å². The van der Waals surface area contributed by atoms with Crippen molar-refractivity contribution < 1.29 is 0 Å². The van der Waals surface area contributed by atoms with Gasteiger partial charge >= 0.3 is 0 Å². The van der Waals surface area contributed by atoms with Crippen molar-refractivity contribution >= 4 is 0 Å². The standard InChI is InChI=1S/C17H24.CH4/c1-2-3-4-5-11-8-14-10-15(11)17-13-7-6-12(9-13)16(14)17;/h2,6-7,11-17H,1,3-5,8-10H2;1H4. The molecule has 0 aliphatic heterocycles. The molecule has 0 radical (unpaired) electrons. The third kappa shape index (κ3) is 1.57. The van der Waals surface area contributed by atoms with Gasteiger partial charge in [0.05, 0.1) is 0 Å². The van der Waals surface area contributed by atoms with Crippen molar-refractivity contribution in [3.63, 3.8) is 0 Å². The van der Waals surface area contributed by atoms with Crippen molar-refractivity contribution in [2.24, 2.45) is 41.4 Å². The SMILES string of the molecule is C.C=CCCCC1CC2CC1C1C3C=CC(C3)C21. The van der Waals surface area contributed by atoms with E-state index in [1.807, 2.05) is 0 Å². The largest absolute Gasteiger partial charge is 0.103 e. The molecule has 7 unspecified atom stereocenters. The summed E-state index contributed by atoms with van der Waals surface area (Å²) in [4.78, 5) is 0. The molecular formula is C18H28. The van der Waals surface area contributed by atoms with E-state index < -0.39 is 0 Å². The Labute approximate surface area is 113 Å². The Morgan fingerprint density at radius 3 is 2.61 bits per heavy atom. The van der Waals surface area contributed by atoms with Crippen molar-refractivity contribution in [2.45, 2.75) is 46.0 Å². The second-order valence-electron chi connectivity index (χ2n) is 6.98. The fourth-order valence-electron chi connectivity index (χ4n) is 6.01. The highest BCUT2D eigenvalue weighted by Gasteiger charge is 2.60. The second-order valence-corrected chi connectivity index (χ2v) is 6.98. The van der Waals surface area contributed by atoms with E-state index in [1.54, 1.807) is 12.8 Å². The molecule has 0 aromatic rings. The summed E-state index contributed by atoms with van der Waals surface area (Å²) in [6.07, 6.45) is 16.0. The molecule has 0 nitrogen and oxygen atoms in total. The molecule has 0 N–H and O–H groups in total. The van der Waals surface area contributed by atoms with Gasteiger partial charge in [0.1, 0.15) is 0 Å². The zero-order valence-corrected chi connectivity index (χ0v) is 10.7. The van der Waals surface area contributed by atoms with Gasteiger partial charge in [-0.15, -0.1) is 6.58 Å². The van der Waals surface area contributed by atoms with Crippen LogP contribution < -0.4 is 0 Å². The number of hydrogen-bond acceptors (Lipinski definition) is 0. The van der Waals surface area contributed by atoms with Gasteiger partial charge in [-0.3, -0.25) is 0 Å². The molecule has 0 heteroatoms. The Hall–Kier alpha value is -0.520. The predicted molar refractivity (Wildman–Crippen MR) is 78.2 cm³/mol. The Kier molecular flexibility index (Phi) is 3.16. The third-order valence-corrected chi connectivity index (χ3v) is 6.39. The van der Waals surface area contributed by atoms with Gasteiger partial charge in [-0.05, 0) is 80.0 Å². The number of allylic oxidation sites excluding steroid dienone is 3. The van der Waals surface area contributed by atoms with E-state index in [4.69, 9.17) is 0 Å². The lowest BCUT2D eigenvalue weighted by atomic mass is 9.68. The molecule has 4 bridgehead atoms. The molecule has 0 saturated heterocycles. The lowest BCUT2D eigenvalue weighted by Gasteiger charge is -2.36. The maximum atomic E-state index is 3.85. The van der Waals surface area contributed by atoms with Crippen molar-refractivity contribution in [1.29, 1.82) is 0 Å². The van der Waals surface area contributed by atoms with E-state index in [0.29, 0.717) is 0 Å². The minimum atomic E-state index is 0. The summed E-state index contributed by atoms with van der Waals surface area (Å²) >= 11 is 0. The first kappa shape index (κ1) is 12.5. The number of hydrogen-bond donors (Lipinski definition) is 0. The normalized spacial score (nSPS) is 50.3. The molecule has 4 rings (SSSR count). The van der Waals surface area contributed by atoms with Crippen LogP contribution in [0.3, 0.4) is 0 Å². The first-order valence-electron chi connectivity index (χ1n) is 7.67. The molecule has 7 atom stereocenters. The summed E-state index contributed by atoms with van der Waals surface area (Å²) in [6.45, 7) is 3.85. The quantitative estimate of drug-likeness (QED) is 0.368. The number of unbranched alkanes of at least 4 members (excludes halogenated alkanes) is 1. The first-order valence-corrected chi connectivity index (χ1v) is 7.67. The molecule has 3 fully saturated rings.